The number of ether oxygens (including phenoxy) is 2. The summed E-state index contributed by atoms with van der Waals surface area (Å²) in [4.78, 5) is 0. The zero-order valence-corrected chi connectivity index (χ0v) is 11.2. The van der Waals surface area contributed by atoms with Gasteiger partial charge in [-0.25, -0.2) is 4.68 Å². The number of rotatable bonds is 6. The molecule has 0 spiro atoms. The Morgan fingerprint density at radius 3 is 2.79 bits per heavy atom. The van der Waals surface area contributed by atoms with Crippen molar-refractivity contribution in [1.82, 2.24) is 15.0 Å². The molecule has 6 heteroatoms. The standard InChI is InChI=1S/C13H18N4O2/c1-18-12-3-4-13(19-2)10(7-12)8-17-9-11(5-6-14)15-16-17/h3-4,7,9H,5-6,8,14H2,1-2H3. The van der Waals surface area contributed by atoms with E-state index in [2.05, 4.69) is 10.3 Å². The number of benzene rings is 1. The van der Waals surface area contributed by atoms with E-state index >= 15 is 0 Å². The third-order valence-corrected chi connectivity index (χ3v) is 2.81. The molecule has 1 aromatic carbocycles. The van der Waals surface area contributed by atoms with Gasteiger partial charge in [0.1, 0.15) is 11.5 Å². The van der Waals surface area contributed by atoms with Gasteiger partial charge in [-0.2, -0.15) is 0 Å². The molecule has 19 heavy (non-hydrogen) atoms. The van der Waals surface area contributed by atoms with E-state index < -0.39 is 0 Å². The second-order valence-electron chi connectivity index (χ2n) is 4.12. The van der Waals surface area contributed by atoms with Crippen molar-refractivity contribution in [3.8, 4) is 11.5 Å². The van der Waals surface area contributed by atoms with Gasteiger partial charge in [0.2, 0.25) is 0 Å². The largest absolute Gasteiger partial charge is 0.497 e. The van der Waals surface area contributed by atoms with E-state index in [-0.39, 0.29) is 0 Å². The summed E-state index contributed by atoms with van der Waals surface area (Å²) in [5.41, 5.74) is 7.38. The van der Waals surface area contributed by atoms with Gasteiger partial charge in [0.15, 0.2) is 0 Å². The molecule has 0 amide bonds. The zero-order valence-electron chi connectivity index (χ0n) is 11.2. The molecular weight excluding hydrogens is 244 g/mol. The van der Waals surface area contributed by atoms with Crippen molar-refractivity contribution in [1.29, 1.82) is 0 Å². The molecule has 6 nitrogen and oxygen atoms in total. The van der Waals surface area contributed by atoms with Crippen LogP contribution in [0.1, 0.15) is 11.3 Å². The summed E-state index contributed by atoms with van der Waals surface area (Å²) in [7, 11) is 3.28. The van der Waals surface area contributed by atoms with Crippen molar-refractivity contribution >= 4 is 0 Å². The van der Waals surface area contributed by atoms with Crippen LogP contribution in [0.5, 0.6) is 11.5 Å². The van der Waals surface area contributed by atoms with Gasteiger partial charge >= 0.3 is 0 Å². The molecule has 0 aliphatic rings. The predicted octanol–water partition coefficient (Wildman–Crippen LogP) is 0.845. The average molecular weight is 262 g/mol. The molecule has 1 heterocycles. The van der Waals surface area contributed by atoms with Crippen LogP contribution in [0.4, 0.5) is 0 Å². The number of aromatic nitrogens is 3. The normalized spacial score (nSPS) is 10.5. The third kappa shape index (κ3) is 3.23. The fourth-order valence-electron chi connectivity index (χ4n) is 1.86. The number of nitrogens with two attached hydrogens (primary N) is 1. The highest BCUT2D eigenvalue weighted by Crippen LogP contribution is 2.24. The summed E-state index contributed by atoms with van der Waals surface area (Å²) >= 11 is 0. The summed E-state index contributed by atoms with van der Waals surface area (Å²) in [6.07, 6.45) is 2.63. The first-order valence-corrected chi connectivity index (χ1v) is 6.06. The third-order valence-electron chi connectivity index (χ3n) is 2.81. The first-order valence-electron chi connectivity index (χ1n) is 6.06. The van der Waals surface area contributed by atoms with Gasteiger partial charge in [-0.15, -0.1) is 5.10 Å². The van der Waals surface area contributed by atoms with Gasteiger partial charge in [-0.05, 0) is 24.7 Å². The summed E-state index contributed by atoms with van der Waals surface area (Å²) < 4.78 is 12.3. The summed E-state index contributed by atoms with van der Waals surface area (Å²) in [6, 6.07) is 5.68. The predicted molar refractivity (Wildman–Crippen MR) is 71.4 cm³/mol. The Labute approximate surface area is 112 Å². The van der Waals surface area contributed by atoms with Crippen LogP contribution in [0.2, 0.25) is 0 Å². The minimum atomic E-state index is 0.571. The van der Waals surface area contributed by atoms with Crippen molar-refractivity contribution < 1.29 is 9.47 Å². The molecule has 1 aromatic heterocycles. The van der Waals surface area contributed by atoms with Gasteiger partial charge in [-0.1, -0.05) is 5.21 Å². The monoisotopic (exact) mass is 262 g/mol. The maximum Gasteiger partial charge on any atom is 0.124 e. The number of methoxy groups -OCH3 is 2. The molecule has 0 saturated heterocycles. The van der Waals surface area contributed by atoms with Crippen LogP contribution in [0.3, 0.4) is 0 Å². The van der Waals surface area contributed by atoms with Crippen LogP contribution in [0, 0.1) is 0 Å². The Morgan fingerprint density at radius 2 is 2.11 bits per heavy atom. The molecule has 2 aromatic rings. The molecular formula is C13H18N4O2. The molecule has 0 bridgehead atoms. The first-order chi connectivity index (χ1) is 9.26. The van der Waals surface area contributed by atoms with Gasteiger partial charge in [0, 0.05) is 18.2 Å². The highest BCUT2D eigenvalue weighted by Gasteiger charge is 2.07. The lowest BCUT2D eigenvalue weighted by molar-refractivity contribution is 0.396. The molecule has 0 atom stereocenters. The summed E-state index contributed by atoms with van der Waals surface area (Å²) in [5.74, 6) is 1.59. The van der Waals surface area contributed by atoms with Gasteiger partial charge in [0.05, 0.1) is 26.5 Å². The lowest BCUT2D eigenvalue weighted by atomic mass is 10.2. The van der Waals surface area contributed by atoms with Crippen molar-refractivity contribution in [3.63, 3.8) is 0 Å². The molecule has 2 rings (SSSR count). The molecule has 2 N–H and O–H groups in total. The van der Waals surface area contributed by atoms with Crippen molar-refractivity contribution in [2.45, 2.75) is 13.0 Å². The Balaban J connectivity index is 2.20. The lowest BCUT2D eigenvalue weighted by Crippen LogP contribution is -2.03. The average Bonchev–Trinajstić information content (AvgIpc) is 2.86. The van der Waals surface area contributed by atoms with E-state index in [0.717, 1.165) is 29.2 Å². The Hall–Kier alpha value is -2.08. The second-order valence-corrected chi connectivity index (χ2v) is 4.12. The topological polar surface area (TPSA) is 75.2 Å². The minimum Gasteiger partial charge on any atom is -0.497 e. The fraction of sp³-hybridized carbons (Fsp3) is 0.385. The van der Waals surface area contributed by atoms with Crippen LogP contribution >= 0.6 is 0 Å². The lowest BCUT2D eigenvalue weighted by Gasteiger charge is -2.10. The van der Waals surface area contributed by atoms with Crippen LogP contribution in [0.15, 0.2) is 24.4 Å². The molecule has 102 valence electrons. The van der Waals surface area contributed by atoms with E-state index in [1.165, 1.54) is 0 Å². The van der Waals surface area contributed by atoms with Gasteiger partial charge in [0.25, 0.3) is 0 Å². The number of hydrogen-bond donors (Lipinski definition) is 1. The van der Waals surface area contributed by atoms with Crippen LogP contribution in [-0.4, -0.2) is 35.8 Å². The summed E-state index contributed by atoms with van der Waals surface area (Å²) in [6.45, 7) is 1.15. The van der Waals surface area contributed by atoms with Crippen LogP contribution in [-0.2, 0) is 13.0 Å². The van der Waals surface area contributed by atoms with Crippen molar-refractivity contribution in [2.75, 3.05) is 20.8 Å². The molecule has 0 saturated carbocycles. The minimum absolute atomic E-state index is 0.571. The van der Waals surface area contributed by atoms with Crippen LogP contribution in [0.25, 0.3) is 0 Å². The number of hydrogen-bond acceptors (Lipinski definition) is 5. The summed E-state index contributed by atoms with van der Waals surface area (Å²) in [5, 5.41) is 8.14. The molecule has 0 aliphatic carbocycles. The van der Waals surface area contributed by atoms with Gasteiger partial charge in [-0.3, -0.25) is 0 Å². The van der Waals surface area contributed by atoms with E-state index in [4.69, 9.17) is 15.2 Å². The molecule has 0 radical (unpaired) electrons. The van der Waals surface area contributed by atoms with Gasteiger partial charge < -0.3 is 15.2 Å². The first kappa shape index (κ1) is 13.4. The number of nitrogens with zero attached hydrogens (tertiary/aromatic N) is 3. The molecule has 0 unspecified atom stereocenters. The smallest absolute Gasteiger partial charge is 0.124 e. The van der Waals surface area contributed by atoms with E-state index in [0.29, 0.717) is 13.1 Å². The highest BCUT2D eigenvalue weighted by molar-refractivity contribution is 5.40. The highest BCUT2D eigenvalue weighted by atomic mass is 16.5. The maximum atomic E-state index is 5.49. The van der Waals surface area contributed by atoms with E-state index in [9.17, 15) is 0 Å². The zero-order chi connectivity index (χ0) is 13.7. The fourth-order valence-corrected chi connectivity index (χ4v) is 1.86. The molecule has 0 aliphatic heterocycles. The quantitative estimate of drug-likeness (QED) is 0.835. The maximum absolute atomic E-state index is 5.49. The van der Waals surface area contributed by atoms with Crippen LogP contribution < -0.4 is 15.2 Å². The van der Waals surface area contributed by atoms with Crippen molar-refractivity contribution in [2.24, 2.45) is 5.73 Å². The van der Waals surface area contributed by atoms with Crippen molar-refractivity contribution in [3.05, 3.63) is 35.7 Å². The Bertz CT molecular complexity index is 539. The van der Waals surface area contributed by atoms with E-state index in [1.807, 2.05) is 24.4 Å². The van der Waals surface area contributed by atoms with E-state index in [1.54, 1.807) is 18.9 Å². The SMILES string of the molecule is COc1ccc(OC)c(Cn2cc(CCN)nn2)c1. The second kappa shape index (κ2) is 6.19. The molecule has 0 fully saturated rings. The Kier molecular flexibility index (Phi) is 4.35. The Morgan fingerprint density at radius 1 is 1.26 bits per heavy atom.